The van der Waals surface area contributed by atoms with E-state index in [1.807, 2.05) is 44.3 Å². The molecule has 32 heavy (non-hydrogen) atoms. The van der Waals surface area contributed by atoms with Crippen molar-refractivity contribution < 1.29 is 4.79 Å². The highest BCUT2D eigenvalue weighted by Crippen LogP contribution is 2.60. The fourth-order valence-corrected chi connectivity index (χ4v) is 7.34. The normalized spacial score (nSPS) is 28.4. The molecule has 1 heterocycles. The van der Waals surface area contributed by atoms with Crippen LogP contribution in [0.1, 0.15) is 50.6 Å². The molecule has 4 saturated carbocycles. The molecule has 0 saturated heterocycles. The van der Waals surface area contributed by atoms with Crippen LogP contribution in [0.3, 0.4) is 0 Å². The van der Waals surface area contributed by atoms with Gasteiger partial charge in [0, 0.05) is 26.6 Å². The van der Waals surface area contributed by atoms with Crippen molar-refractivity contribution in [1.82, 2.24) is 14.3 Å². The van der Waals surface area contributed by atoms with E-state index in [0.29, 0.717) is 17.5 Å². The quantitative estimate of drug-likeness (QED) is 0.715. The SMILES string of the molecule is Cc1c(NC(=O)CCN(C)CC23CC4CC(CC(C4)C2)C3)c(=O)n(-c2ccccc2)n1C. The molecule has 0 radical (unpaired) electrons. The van der Waals surface area contributed by atoms with E-state index in [2.05, 4.69) is 17.3 Å². The van der Waals surface area contributed by atoms with Gasteiger partial charge in [0.25, 0.3) is 5.56 Å². The number of carbonyl (C=O) groups excluding carboxylic acids is 1. The van der Waals surface area contributed by atoms with Gasteiger partial charge in [-0.2, -0.15) is 0 Å². The lowest BCUT2D eigenvalue weighted by Crippen LogP contribution is -2.50. The Morgan fingerprint density at radius 1 is 1.09 bits per heavy atom. The summed E-state index contributed by atoms with van der Waals surface area (Å²) in [6.45, 7) is 3.71. The fraction of sp³-hybridized carbons (Fsp3) is 0.615. The molecule has 0 unspecified atom stereocenters. The minimum atomic E-state index is -0.188. The summed E-state index contributed by atoms with van der Waals surface area (Å²) in [4.78, 5) is 28.1. The topological polar surface area (TPSA) is 59.3 Å². The lowest BCUT2D eigenvalue weighted by molar-refractivity contribution is -0.116. The Labute approximate surface area is 190 Å². The fourth-order valence-electron chi connectivity index (χ4n) is 7.34. The third kappa shape index (κ3) is 3.94. The second-order valence-corrected chi connectivity index (χ2v) is 10.9. The van der Waals surface area contributed by atoms with Crippen molar-refractivity contribution in [2.45, 2.75) is 51.9 Å². The summed E-state index contributed by atoms with van der Waals surface area (Å²) in [5, 5.41) is 2.90. The van der Waals surface area contributed by atoms with Gasteiger partial charge in [-0.3, -0.25) is 14.3 Å². The molecule has 1 aromatic heterocycles. The first-order valence-electron chi connectivity index (χ1n) is 12.2. The molecule has 2 aromatic rings. The third-order valence-corrected chi connectivity index (χ3v) is 8.31. The number of aromatic nitrogens is 2. The summed E-state index contributed by atoms with van der Waals surface area (Å²) in [6.07, 6.45) is 8.95. The van der Waals surface area contributed by atoms with Crippen LogP contribution < -0.4 is 10.9 Å². The molecule has 0 aliphatic heterocycles. The van der Waals surface area contributed by atoms with E-state index >= 15 is 0 Å². The second kappa shape index (κ2) is 8.22. The van der Waals surface area contributed by atoms with E-state index in [1.165, 1.54) is 38.5 Å². The third-order valence-electron chi connectivity index (χ3n) is 8.31. The van der Waals surface area contributed by atoms with Crippen LogP contribution in [0.4, 0.5) is 5.69 Å². The maximum Gasteiger partial charge on any atom is 0.295 e. The summed E-state index contributed by atoms with van der Waals surface area (Å²) >= 11 is 0. The Kier molecular flexibility index (Phi) is 5.52. The molecule has 6 heteroatoms. The molecule has 4 aliphatic carbocycles. The highest BCUT2D eigenvalue weighted by molar-refractivity contribution is 5.91. The van der Waals surface area contributed by atoms with Gasteiger partial charge in [0.05, 0.1) is 11.4 Å². The van der Waals surface area contributed by atoms with E-state index in [0.717, 1.165) is 42.2 Å². The van der Waals surface area contributed by atoms with Crippen LogP contribution in [0.5, 0.6) is 0 Å². The molecule has 1 amide bonds. The van der Waals surface area contributed by atoms with Gasteiger partial charge >= 0.3 is 0 Å². The lowest BCUT2D eigenvalue weighted by atomic mass is 9.49. The predicted molar refractivity (Wildman–Crippen MR) is 127 cm³/mol. The number of hydrogen-bond donors (Lipinski definition) is 1. The van der Waals surface area contributed by atoms with Crippen molar-refractivity contribution in [3.8, 4) is 5.69 Å². The maximum atomic E-state index is 13.0. The van der Waals surface area contributed by atoms with Gasteiger partial charge in [-0.15, -0.1) is 0 Å². The highest BCUT2D eigenvalue weighted by atomic mass is 16.2. The number of amides is 1. The minimum absolute atomic E-state index is 0.0895. The number of benzene rings is 1. The van der Waals surface area contributed by atoms with Crippen LogP contribution in [0.15, 0.2) is 35.1 Å². The van der Waals surface area contributed by atoms with Crippen molar-refractivity contribution in [3.63, 3.8) is 0 Å². The molecule has 4 fully saturated rings. The van der Waals surface area contributed by atoms with Gasteiger partial charge in [0.15, 0.2) is 0 Å². The Balaban J connectivity index is 1.20. The van der Waals surface area contributed by atoms with Crippen molar-refractivity contribution in [1.29, 1.82) is 0 Å². The molecule has 6 rings (SSSR count). The highest BCUT2D eigenvalue weighted by Gasteiger charge is 2.50. The summed E-state index contributed by atoms with van der Waals surface area (Å²) in [6, 6.07) is 9.52. The van der Waals surface area contributed by atoms with E-state index < -0.39 is 0 Å². The molecule has 6 nitrogen and oxygen atoms in total. The Morgan fingerprint density at radius 2 is 1.69 bits per heavy atom. The number of anilines is 1. The van der Waals surface area contributed by atoms with Crippen LogP contribution >= 0.6 is 0 Å². The first-order valence-corrected chi connectivity index (χ1v) is 12.2. The standard InChI is InChI=1S/C26H36N4O2/c1-18-24(25(32)30(29(18)3)22-7-5-4-6-8-22)27-23(31)9-10-28(2)17-26-14-19-11-20(15-26)13-21(12-19)16-26/h4-8,19-21H,9-17H2,1-3H3,(H,27,31). The molecule has 0 atom stereocenters. The summed E-state index contributed by atoms with van der Waals surface area (Å²) in [5.74, 6) is 2.76. The van der Waals surface area contributed by atoms with Crippen LogP contribution in [0, 0.1) is 30.1 Å². The molecule has 4 aliphatic rings. The van der Waals surface area contributed by atoms with Gasteiger partial charge in [0.2, 0.25) is 5.91 Å². The molecular formula is C26H36N4O2. The molecule has 1 aromatic carbocycles. The zero-order valence-corrected chi connectivity index (χ0v) is 19.6. The smallest absolute Gasteiger partial charge is 0.295 e. The average Bonchev–Trinajstić information content (AvgIpc) is 2.95. The zero-order chi connectivity index (χ0) is 22.5. The number of para-hydroxylation sites is 1. The largest absolute Gasteiger partial charge is 0.320 e. The Bertz CT molecular complexity index is 1020. The molecule has 172 valence electrons. The molecule has 4 bridgehead atoms. The van der Waals surface area contributed by atoms with Crippen molar-refractivity contribution in [2.24, 2.45) is 30.2 Å². The van der Waals surface area contributed by atoms with Gasteiger partial charge in [0.1, 0.15) is 5.69 Å². The monoisotopic (exact) mass is 436 g/mol. The number of hydrogen-bond acceptors (Lipinski definition) is 3. The Hall–Kier alpha value is -2.34. The number of nitrogens with one attached hydrogen (secondary N) is 1. The second-order valence-electron chi connectivity index (χ2n) is 10.9. The van der Waals surface area contributed by atoms with Crippen molar-refractivity contribution in [3.05, 3.63) is 46.4 Å². The maximum absolute atomic E-state index is 13.0. The van der Waals surface area contributed by atoms with Gasteiger partial charge in [-0.1, -0.05) is 18.2 Å². The average molecular weight is 437 g/mol. The van der Waals surface area contributed by atoms with Gasteiger partial charge in [-0.25, -0.2) is 4.68 Å². The number of carbonyl (C=O) groups is 1. The lowest BCUT2D eigenvalue weighted by Gasteiger charge is -2.57. The molecule has 0 spiro atoms. The summed E-state index contributed by atoms with van der Waals surface area (Å²) < 4.78 is 3.40. The number of nitrogens with zero attached hydrogens (tertiary/aromatic N) is 3. The van der Waals surface area contributed by atoms with Crippen LogP contribution in [-0.4, -0.2) is 40.3 Å². The zero-order valence-electron chi connectivity index (χ0n) is 19.6. The van der Waals surface area contributed by atoms with Crippen LogP contribution in [0.25, 0.3) is 5.69 Å². The molecular weight excluding hydrogens is 400 g/mol. The van der Waals surface area contributed by atoms with E-state index in [1.54, 1.807) is 9.36 Å². The van der Waals surface area contributed by atoms with E-state index in [4.69, 9.17) is 0 Å². The van der Waals surface area contributed by atoms with E-state index in [9.17, 15) is 9.59 Å². The van der Waals surface area contributed by atoms with Crippen LogP contribution in [-0.2, 0) is 11.8 Å². The van der Waals surface area contributed by atoms with E-state index in [-0.39, 0.29) is 11.5 Å². The summed E-state index contributed by atoms with van der Waals surface area (Å²) in [7, 11) is 4.00. The first kappa shape index (κ1) is 21.5. The number of rotatable bonds is 7. The first-order chi connectivity index (χ1) is 15.3. The minimum Gasteiger partial charge on any atom is -0.320 e. The van der Waals surface area contributed by atoms with Gasteiger partial charge in [-0.05, 0) is 87.8 Å². The van der Waals surface area contributed by atoms with Crippen molar-refractivity contribution in [2.75, 3.05) is 25.5 Å². The van der Waals surface area contributed by atoms with Gasteiger partial charge < -0.3 is 10.2 Å². The Morgan fingerprint density at radius 3 is 2.28 bits per heavy atom. The van der Waals surface area contributed by atoms with Crippen molar-refractivity contribution >= 4 is 11.6 Å². The molecule has 1 N–H and O–H groups in total. The predicted octanol–water partition coefficient (Wildman–Crippen LogP) is 3.96. The van der Waals surface area contributed by atoms with Crippen LogP contribution in [0.2, 0.25) is 0 Å². The summed E-state index contributed by atoms with van der Waals surface area (Å²) in [5.41, 5.74) is 2.23.